The van der Waals surface area contributed by atoms with Crippen LogP contribution in [0.4, 0.5) is 0 Å². The van der Waals surface area contributed by atoms with Crippen molar-refractivity contribution in [2.24, 2.45) is 17.8 Å². The minimum absolute atomic E-state index is 0.00468. The highest BCUT2D eigenvalue weighted by atomic mass is 28.4. The Bertz CT molecular complexity index is 2010. The molecule has 4 rings (SSSR count). The molecule has 0 aliphatic rings. The van der Waals surface area contributed by atoms with E-state index in [4.69, 9.17) is 32.2 Å². The maximum Gasteiger partial charge on any atom is 0.261 e. The number of hydrogen-bond acceptors (Lipinski definition) is 7. The number of methoxy groups -OCH3 is 2. The fourth-order valence-electron chi connectivity index (χ4n) is 8.27. The summed E-state index contributed by atoms with van der Waals surface area (Å²) in [5.41, 5.74) is 2.15. The molecule has 0 saturated carbocycles. The molecule has 0 fully saturated rings. The molecule has 0 heterocycles. The van der Waals surface area contributed by atoms with Crippen molar-refractivity contribution in [1.29, 1.82) is 0 Å². The summed E-state index contributed by atoms with van der Waals surface area (Å²) in [7, 11) is -4.19. The van der Waals surface area contributed by atoms with Crippen molar-refractivity contribution < 1.29 is 32.2 Å². The lowest BCUT2D eigenvalue weighted by Gasteiger charge is -2.47. The third kappa shape index (κ3) is 14.8. The maximum absolute atomic E-state index is 7.87. The molecule has 10 heteroatoms. The van der Waals surface area contributed by atoms with Gasteiger partial charge >= 0.3 is 0 Å². The summed E-state index contributed by atoms with van der Waals surface area (Å²) in [6.45, 7) is 40.9. The molecule has 67 heavy (non-hydrogen) atoms. The summed E-state index contributed by atoms with van der Waals surface area (Å²) in [4.78, 5) is 0. The monoisotopic (exact) mass is 969 g/mol. The van der Waals surface area contributed by atoms with Gasteiger partial charge in [0, 0.05) is 31.0 Å². The van der Waals surface area contributed by atoms with E-state index >= 15 is 0 Å². The Hall–Kier alpha value is -3.33. The molecular weight excluding hydrogens is 881 g/mol. The van der Waals surface area contributed by atoms with E-state index in [1.165, 1.54) is 10.4 Å². The molecule has 0 bridgehead atoms. The van der Waals surface area contributed by atoms with E-state index in [2.05, 4.69) is 194 Å². The Kier molecular flexibility index (Phi) is 20.1. The topological polar surface area (TPSA) is 64.6 Å². The van der Waals surface area contributed by atoms with Crippen LogP contribution in [-0.2, 0) is 36.0 Å². The van der Waals surface area contributed by atoms with Crippen LogP contribution in [0.3, 0.4) is 0 Å². The average molecular weight is 970 g/mol. The average Bonchev–Trinajstić information content (AvgIpc) is 3.28. The van der Waals surface area contributed by atoms with E-state index in [-0.39, 0.29) is 51.2 Å². The predicted octanol–water partition coefficient (Wildman–Crippen LogP) is 13.6. The standard InChI is InChI=1S/C57H88O7Si3/c1-19-43(2)52(60-39-45-30-34-48(58-13)35-31-45)38-53(64-66(17,18)56(7,8)9)44(3)54(61-40-46-32-36-49(59-14)37-33-46)47(41-62-65(15,16)55(4,5)6)42-63-67(57(10,11)12,50-26-22-20-23-27-50)51-28-24-21-25-29-51/h19-37,43-44,47,52-54H,1,38-42H2,2-18H3/t43-,44+,47-,52-,53-,54-/m0/s1. The second kappa shape index (κ2) is 24.0. The number of ether oxygens (including phenoxy) is 4. The van der Waals surface area contributed by atoms with E-state index in [1.54, 1.807) is 14.2 Å². The molecule has 0 aromatic heterocycles. The SMILES string of the molecule is C=C[C@H](C)[C@H](C[C@H](O[Si](C)(C)C(C)(C)C)[C@@H](C)[C@H](OCc1ccc(OC)cc1)[C@@H](CO[Si](C)(C)C(C)(C)C)CO[Si](c1ccccc1)(c1ccccc1)C(C)(C)C)OCc1ccc(OC)cc1. The van der Waals surface area contributed by atoms with Gasteiger partial charge in [-0.05, 0) is 93.5 Å². The summed E-state index contributed by atoms with van der Waals surface area (Å²) >= 11 is 0. The zero-order chi connectivity index (χ0) is 49.8. The predicted molar refractivity (Wildman–Crippen MR) is 289 cm³/mol. The van der Waals surface area contributed by atoms with E-state index in [1.807, 2.05) is 30.3 Å². The first-order valence-corrected chi connectivity index (χ1v) is 32.2. The van der Waals surface area contributed by atoms with E-state index in [0.717, 1.165) is 22.6 Å². The molecule has 0 saturated heterocycles. The van der Waals surface area contributed by atoms with Crippen LogP contribution < -0.4 is 19.8 Å². The van der Waals surface area contributed by atoms with Crippen molar-refractivity contribution in [1.82, 2.24) is 0 Å². The first-order chi connectivity index (χ1) is 31.3. The normalized spacial score (nSPS) is 15.8. The highest BCUT2D eigenvalue weighted by Crippen LogP contribution is 2.43. The van der Waals surface area contributed by atoms with Crippen LogP contribution in [-0.4, -0.2) is 70.7 Å². The molecule has 0 unspecified atom stereocenters. The lowest BCUT2D eigenvalue weighted by Crippen LogP contribution is -2.67. The maximum atomic E-state index is 7.87. The van der Waals surface area contributed by atoms with Crippen LogP contribution in [0.2, 0.25) is 41.3 Å². The minimum atomic E-state index is -2.96. The van der Waals surface area contributed by atoms with Crippen LogP contribution in [0.15, 0.2) is 122 Å². The molecule has 4 aromatic rings. The summed E-state index contributed by atoms with van der Waals surface area (Å²) < 4.78 is 48.2. The zero-order valence-corrected chi connectivity index (χ0v) is 47.5. The molecule has 0 radical (unpaired) electrons. The second-order valence-corrected chi connectivity index (χ2v) is 36.6. The van der Waals surface area contributed by atoms with Crippen molar-refractivity contribution in [3.05, 3.63) is 133 Å². The summed E-state index contributed by atoms with van der Waals surface area (Å²) in [6, 6.07) is 38.2. The molecule has 7 nitrogen and oxygen atoms in total. The smallest absolute Gasteiger partial charge is 0.261 e. The van der Waals surface area contributed by atoms with Crippen LogP contribution >= 0.6 is 0 Å². The van der Waals surface area contributed by atoms with Crippen molar-refractivity contribution >= 4 is 35.3 Å². The summed E-state index contributed by atoms with van der Waals surface area (Å²) in [5, 5.41) is 2.25. The van der Waals surface area contributed by atoms with Crippen molar-refractivity contribution in [3.63, 3.8) is 0 Å². The molecule has 370 valence electrons. The second-order valence-electron chi connectivity index (χ2n) is 22.7. The van der Waals surface area contributed by atoms with Gasteiger partial charge < -0.3 is 32.2 Å². The molecule has 6 atom stereocenters. The van der Waals surface area contributed by atoms with Gasteiger partial charge in [0.15, 0.2) is 16.6 Å². The van der Waals surface area contributed by atoms with E-state index < -0.39 is 25.0 Å². The summed E-state index contributed by atoms with van der Waals surface area (Å²) in [6.07, 6.45) is 1.94. The lowest BCUT2D eigenvalue weighted by atomic mass is 9.85. The van der Waals surface area contributed by atoms with Crippen LogP contribution in [0, 0.1) is 17.8 Å². The quantitative estimate of drug-likeness (QED) is 0.0484. The van der Waals surface area contributed by atoms with E-state index in [0.29, 0.717) is 32.8 Å². The van der Waals surface area contributed by atoms with Gasteiger partial charge in [0.2, 0.25) is 0 Å². The van der Waals surface area contributed by atoms with Gasteiger partial charge in [-0.2, -0.15) is 0 Å². The largest absolute Gasteiger partial charge is 0.497 e. The molecule has 0 spiro atoms. The van der Waals surface area contributed by atoms with Gasteiger partial charge in [0.05, 0.1) is 45.7 Å². The van der Waals surface area contributed by atoms with Gasteiger partial charge in [-0.3, -0.25) is 0 Å². The third-order valence-corrected chi connectivity index (χ3v) is 28.9. The third-order valence-electron chi connectivity index (χ3n) is 14.9. The Morgan fingerprint density at radius 3 is 1.37 bits per heavy atom. The van der Waals surface area contributed by atoms with Crippen LogP contribution in [0.5, 0.6) is 11.5 Å². The van der Waals surface area contributed by atoms with Crippen LogP contribution in [0.25, 0.3) is 0 Å². The van der Waals surface area contributed by atoms with Crippen LogP contribution in [0.1, 0.15) is 93.7 Å². The fraction of sp³-hybridized carbons (Fsp3) is 0.544. The minimum Gasteiger partial charge on any atom is -0.497 e. The first-order valence-electron chi connectivity index (χ1n) is 24.5. The van der Waals surface area contributed by atoms with Gasteiger partial charge in [0.25, 0.3) is 8.32 Å². The molecule has 0 amide bonds. The highest BCUT2D eigenvalue weighted by molar-refractivity contribution is 6.99. The Labute approximate surface area is 410 Å². The molecule has 4 aromatic carbocycles. The lowest BCUT2D eigenvalue weighted by molar-refractivity contribution is -0.0971. The number of benzene rings is 4. The first kappa shape index (κ1) is 56.3. The molecular formula is C57H88O7Si3. The molecule has 0 aliphatic heterocycles. The fourth-order valence-corrected chi connectivity index (χ4v) is 15.4. The highest BCUT2D eigenvalue weighted by Gasteiger charge is 2.52. The zero-order valence-electron chi connectivity index (χ0n) is 44.5. The number of hydrogen-bond donors (Lipinski definition) is 0. The van der Waals surface area contributed by atoms with Crippen molar-refractivity contribution in [2.45, 2.75) is 155 Å². The summed E-state index contributed by atoms with van der Waals surface area (Å²) in [5.74, 6) is 1.43. The van der Waals surface area contributed by atoms with Crippen molar-refractivity contribution in [3.8, 4) is 11.5 Å². The number of rotatable bonds is 25. The molecule has 0 aliphatic carbocycles. The molecule has 0 N–H and O–H groups in total. The van der Waals surface area contributed by atoms with Gasteiger partial charge in [-0.15, -0.1) is 6.58 Å². The Morgan fingerprint density at radius 1 is 0.537 bits per heavy atom. The van der Waals surface area contributed by atoms with Gasteiger partial charge in [0.1, 0.15) is 11.5 Å². The van der Waals surface area contributed by atoms with Gasteiger partial charge in [-0.1, -0.05) is 167 Å². The Morgan fingerprint density at radius 2 is 0.970 bits per heavy atom. The van der Waals surface area contributed by atoms with Gasteiger partial charge in [-0.25, -0.2) is 0 Å². The van der Waals surface area contributed by atoms with Crippen molar-refractivity contribution in [2.75, 3.05) is 27.4 Å². The van der Waals surface area contributed by atoms with E-state index in [9.17, 15) is 0 Å². The Balaban J connectivity index is 1.92.